The lowest BCUT2D eigenvalue weighted by atomic mass is 9.89. The minimum atomic E-state index is -0.358. The zero-order valence-corrected chi connectivity index (χ0v) is 13.9. The standard InChI is InChI=1S/C18H23N3O3/c1-2-21(15-9-10-19-18(15)24)16(22)8-7-13-11-12-5-3-4-6-14(12)20-17(13)23/h3-6,13,15H,2,7-11H2,1H3,(H,19,24)(H,20,23)/t13-,15+/m0/s1. The van der Waals surface area contributed by atoms with Crippen LogP contribution in [-0.2, 0) is 20.8 Å². The van der Waals surface area contributed by atoms with Gasteiger partial charge in [0.2, 0.25) is 17.7 Å². The molecule has 1 aromatic carbocycles. The van der Waals surface area contributed by atoms with Crippen LogP contribution in [0.25, 0.3) is 0 Å². The summed E-state index contributed by atoms with van der Waals surface area (Å²) in [5.41, 5.74) is 1.97. The highest BCUT2D eigenvalue weighted by atomic mass is 16.2. The number of carbonyl (C=O) groups excluding carboxylic acids is 3. The molecule has 0 unspecified atom stereocenters. The zero-order valence-electron chi connectivity index (χ0n) is 13.9. The Morgan fingerprint density at radius 2 is 2.04 bits per heavy atom. The molecule has 6 nitrogen and oxygen atoms in total. The van der Waals surface area contributed by atoms with Crippen molar-refractivity contribution < 1.29 is 14.4 Å². The zero-order chi connectivity index (χ0) is 17.1. The first-order valence-corrected chi connectivity index (χ1v) is 8.56. The molecule has 2 aliphatic heterocycles. The Morgan fingerprint density at radius 3 is 2.75 bits per heavy atom. The van der Waals surface area contributed by atoms with Gasteiger partial charge < -0.3 is 15.5 Å². The minimum Gasteiger partial charge on any atom is -0.354 e. The van der Waals surface area contributed by atoms with Crippen molar-refractivity contribution in [2.24, 2.45) is 5.92 Å². The predicted octanol–water partition coefficient (Wildman–Crippen LogP) is 1.31. The van der Waals surface area contributed by atoms with Crippen molar-refractivity contribution in [1.82, 2.24) is 10.2 Å². The van der Waals surface area contributed by atoms with Crippen LogP contribution in [0.3, 0.4) is 0 Å². The Kier molecular flexibility index (Phi) is 4.83. The van der Waals surface area contributed by atoms with Gasteiger partial charge in [0.15, 0.2) is 0 Å². The fourth-order valence-corrected chi connectivity index (χ4v) is 3.54. The Morgan fingerprint density at radius 1 is 1.25 bits per heavy atom. The lowest BCUT2D eigenvalue weighted by Crippen LogP contribution is -2.44. The molecular weight excluding hydrogens is 306 g/mol. The third kappa shape index (κ3) is 3.27. The van der Waals surface area contributed by atoms with E-state index in [0.29, 0.717) is 32.4 Å². The fourth-order valence-electron chi connectivity index (χ4n) is 3.54. The Bertz CT molecular complexity index is 659. The molecule has 128 valence electrons. The molecule has 1 fully saturated rings. The van der Waals surface area contributed by atoms with E-state index in [1.165, 1.54) is 0 Å². The quantitative estimate of drug-likeness (QED) is 0.855. The summed E-state index contributed by atoms with van der Waals surface area (Å²) < 4.78 is 0. The van der Waals surface area contributed by atoms with Gasteiger partial charge in [-0.2, -0.15) is 0 Å². The monoisotopic (exact) mass is 329 g/mol. The molecule has 6 heteroatoms. The Labute approximate surface area is 141 Å². The van der Waals surface area contributed by atoms with Crippen LogP contribution >= 0.6 is 0 Å². The topological polar surface area (TPSA) is 78.5 Å². The van der Waals surface area contributed by atoms with Crippen LogP contribution in [0.15, 0.2) is 24.3 Å². The van der Waals surface area contributed by atoms with E-state index in [4.69, 9.17) is 0 Å². The van der Waals surface area contributed by atoms with Gasteiger partial charge in [0.25, 0.3) is 0 Å². The summed E-state index contributed by atoms with van der Waals surface area (Å²) in [5, 5.41) is 5.68. The number of nitrogens with one attached hydrogen (secondary N) is 2. The van der Waals surface area contributed by atoms with E-state index in [1.54, 1.807) is 4.90 Å². The summed E-state index contributed by atoms with van der Waals surface area (Å²) in [5.74, 6) is -0.344. The number of rotatable bonds is 5. The van der Waals surface area contributed by atoms with Crippen molar-refractivity contribution in [2.45, 2.75) is 38.6 Å². The van der Waals surface area contributed by atoms with Gasteiger partial charge in [-0.15, -0.1) is 0 Å². The number of para-hydroxylation sites is 1. The van der Waals surface area contributed by atoms with Crippen molar-refractivity contribution in [3.63, 3.8) is 0 Å². The minimum absolute atomic E-state index is 0.0249. The van der Waals surface area contributed by atoms with Gasteiger partial charge in [-0.3, -0.25) is 14.4 Å². The summed E-state index contributed by atoms with van der Waals surface area (Å²) in [6.45, 7) is 3.01. The molecule has 2 atom stereocenters. The maximum atomic E-state index is 12.5. The lowest BCUT2D eigenvalue weighted by molar-refractivity contribution is -0.139. The van der Waals surface area contributed by atoms with Crippen molar-refractivity contribution >= 4 is 23.4 Å². The predicted molar refractivity (Wildman–Crippen MR) is 90.3 cm³/mol. The van der Waals surface area contributed by atoms with Crippen LogP contribution in [0.1, 0.15) is 31.7 Å². The number of amides is 3. The first-order valence-electron chi connectivity index (χ1n) is 8.56. The average Bonchev–Trinajstić information content (AvgIpc) is 2.99. The molecule has 0 bridgehead atoms. The maximum absolute atomic E-state index is 12.5. The van der Waals surface area contributed by atoms with Crippen LogP contribution in [0, 0.1) is 5.92 Å². The number of nitrogens with zero attached hydrogens (tertiary/aromatic N) is 1. The number of fused-ring (bicyclic) bond motifs is 1. The van der Waals surface area contributed by atoms with E-state index in [2.05, 4.69) is 10.6 Å². The Hall–Kier alpha value is -2.37. The third-order valence-corrected chi connectivity index (χ3v) is 4.88. The molecule has 0 saturated carbocycles. The number of hydrogen-bond acceptors (Lipinski definition) is 3. The highest BCUT2D eigenvalue weighted by Gasteiger charge is 2.33. The van der Waals surface area contributed by atoms with Gasteiger partial charge >= 0.3 is 0 Å². The second-order valence-corrected chi connectivity index (χ2v) is 6.36. The van der Waals surface area contributed by atoms with Crippen LogP contribution in [0.5, 0.6) is 0 Å². The molecule has 3 amide bonds. The third-order valence-electron chi connectivity index (χ3n) is 4.88. The second kappa shape index (κ2) is 7.03. The van der Waals surface area contributed by atoms with E-state index in [0.717, 1.165) is 11.3 Å². The maximum Gasteiger partial charge on any atom is 0.242 e. The number of carbonyl (C=O) groups is 3. The molecule has 0 radical (unpaired) electrons. The van der Waals surface area contributed by atoms with Gasteiger partial charge in [0.1, 0.15) is 6.04 Å². The van der Waals surface area contributed by atoms with Gasteiger partial charge in [-0.1, -0.05) is 18.2 Å². The van der Waals surface area contributed by atoms with E-state index in [1.807, 2.05) is 31.2 Å². The highest BCUT2D eigenvalue weighted by molar-refractivity contribution is 5.96. The van der Waals surface area contributed by atoms with Crippen LogP contribution in [0.4, 0.5) is 5.69 Å². The van der Waals surface area contributed by atoms with E-state index in [-0.39, 0.29) is 36.1 Å². The van der Waals surface area contributed by atoms with Crippen LogP contribution in [0.2, 0.25) is 0 Å². The van der Waals surface area contributed by atoms with Gasteiger partial charge in [0, 0.05) is 31.1 Å². The molecule has 0 aliphatic carbocycles. The molecule has 24 heavy (non-hydrogen) atoms. The molecule has 3 rings (SSSR count). The molecule has 0 spiro atoms. The lowest BCUT2D eigenvalue weighted by Gasteiger charge is -2.28. The number of likely N-dealkylation sites (N-methyl/N-ethyl adjacent to an activating group) is 1. The largest absolute Gasteiger partial charge is 0.354 e. The van der Waals surface area contributed by atoms with Crippen molar-refractivity contribution in [2.75, 3.05) is 18.4 Å². The Balaban J connectivity index is 1.60. The van der Waals surface area contributed by atoms with Crippen molar-refractivity contribution in [3.8, 4) is 0 Å². The SMILES string of the molecule is CCN(C(=O)CC[C@H]1Cc2ccccc2NC1=O)[C@@H]1CCNC1=O. The first kappa shape index (κ1) is 16.5. The summed E-state index contributed by atoms with van der Waals surface area (Å²) in [7, 11) is 0. The summed E-state index contributed by atoms with van der Waals surface area (Å²) in [6, 6.07) is 7.39. The molecule has 2 heterocycles. The van der Waals surface area contributed by atoms with Gasteiger partial charge in [-0.05, 0) is 37.8 Å². The van der Waals surface area contributed by atoms with E-state index in [9.17, 15) is 14.4 Å². The van der Waals surface area contributed by atoms with Crippen LogP contribution < -0.4 is 10.6 Å². The van der Waals surface area contributed by atoms with E-state index >= 15 is 0 Å². The number of anilines is 1. The normalized spacial score (nSPS) is 22.5. The van der Waals surface area contributed by atoms with Crippen LogP contribution in [-0.4, -0.2) is 41.8 Å². The van der Waals surface area contributed by atoms with Crippen molar-refractivity contribution in [3.05, 3.63) is 29.8 Å². The molecular formula is C18H23N3O3. The fraction of sp³-hybridized carbons (Fsp3) is 0.500. The second-order valence-electron chi connectivity index (χ2n) is 6.36. The average molecular weight is 329 g/mol. The summed E-state index contributed by atoms with van der Waals surface area (Å²) >= 11 is 0. The molecule has 0 aromatic heterocycles. The molecule has 2 aliphatic rings. The number of hydrogen-bond donors (Lipinski definition) is 2. The summed E-state index contributed by atoms with van der Waals surface area (Å²) in [6.07, 6.45) is 2.11. The van der Waals surface area contributed by atoms with Gasteiger partial charge in [0.05, 0.1) is 0 Å². The first-order chi connectivity index (χ1) is 11.6. The number of benzene rings is 1. The van der Waals surface area contributed by atoms with Gasteiger partial charge in [-0.25, -0.2) is 0 Å². The molecule has 2 N–H and O–H groups in total. The highest BCUT2D eigenvalue weighted by Crippen LogP contribution is 2.27. The molecule has 1 aromatic rings. The van der Waals surface area contributed by atoms with E-state index < -0.39 is 0 Å². The summed E-state index contributed by atoms with van der Waals surface area (Å²) in [4.78, 5) is 38.2. The van der Waals surface area contributed by atoms with Crippen molar-refractivity contribution in [1.29, 1.82) is 0 Å². The molecule has 1 saturated heterocycles. The smallest absolute Gasteiger partial charge is 0.242 e.